The predicted octanol–water partition coefficient (Wildman–Crippen LogP) is 3.62. The molecule has 7 nitrogen and oxygen atoms in total. The van der Waals surface area contributed by atoms with E-state index in [1.54, 1.807) is 32.2 Å². The maximum absolute atomic E-state index is 13.6. The molecule has 2 atom stereocenters. The lowest BCUT2D eigenvalue weighted by molar-refractivity contribution is -0.124. The molecule has 1 aromatic heterocycles. The SMILES string of the molecule is COc1ccc(CCNC(=O)C2c3ccccc3C(=O)N(C)C2c2cc(C)n(C)c2)cc1OC. The van der Waals surface area contributed by atoms with Gasteiger partial charge in [-0.2, -0.15) is 0 Å². The van der Waals surface area contributed by atoms with E-state index in [9.17, 15) is 9.59 Å². The first kappa shape index (κ1) is 23.4. The van der Waals surface area contributed by atoms with E-state index in [0.29, 0.717) is 30.0 Å². The maximum Gasteiger partial charge on any atom is 0.254 e. The Balaban J connectivity index is 1.59. The van der Waals surface area contributed by atoms with E-state index in [-0.39, 0.29) is 17.9 Å². The number of aryl methyl sites for hydroxylation is 2. The Hall–Kier alpha value is -3.74. The molecule has 0 spiro atoms. The zero-order chi connectivity index (χ0) is 24.4. The van der Waals surface area contributed by atoms with Gasteiger partial charge in [-0.25, -0.2) is 0 Å². The average molecular weight is 462 g/mol. The number of likely N-dealkylation sites (N-methyl/N-ethyl adjacent to an activating group) is 1. The number of carbonyl (C=O) groups is 2. The molecule has 3 aromatic rings. The molecule has 0 radical (unpaired) electrons. The molecular formula is C27H31N3O4. The maximum atomic E-state index is 13.6. The molecule has 1 aliphatic heterocycles. The number of fused-ring (bicyclic) bond motifs is 1. The van der Waals surface area contributed by atoms with Gasteiger partial charge in [0.2, 0.25) is 5.91 Å². The number of amides is 2. The Morgan fingerprint density at radius 1 is 1.03 bits per heavy atom. The quantitative estimate of drug-likeness (QED) is 0.583. The molecule has 0 bridgehead atoms. The van der Waals surface area contributed by atoms with E-state index in [0.717, 1.165) is 22.4 Å². The largest absolute Gasteiger partial charge is 0.493 e. The highest BCUT2D eigenvalue weighted by Crippen LogP contribution is 2.42. The molecule has 2 heterocycles. The summed E-state index contributed by atoms with van der Waals surface area (Å²) in [5, 5.41) is 3.11. The summed E-state index contributed by atoms with van der Waals surface area (Å²) < 4.78 is 12.7. The lowest BCUT2D eigenvalue weighted by Gasteiger charge is -2.39. The van der Waals surface area contributed by atoms with Gasteiger partial charge in [0, 0.05) is 38.1 Å². The van der Waals surface area contributed by atoms with Crippen LogP contribution in [0.5, 0.6) is 11.5 Å². The molecule has 7 heteroatoms. The monoisotopic (exact) mass is 461 g/mol. The first-order valence-corrected chi connectivity index (χ1v) is 11.3. The van der Waals surface area contributed by atoms with Crippen molar-refractivity contribution >= 4 is 11.8 Å². The van der Waals surface area contributed by atoms with Crippen molar-refractivity contribution in [2.45, 2.75) is 25.3 Å². The van der Waals surface area contributed by atoms with Crippen molar-refractivity contribution in [2.24, 2.45) is 7.05 Å². The third-order valence-corrected chi connectivity index (χ3v) is 6.64. The van der Waals surface area contributed by atoms with E-state index in [4.69, 9.17) is 9.47 Å². The van der Waals surface area contributed by atoms with Crippen LogP contribution in [-0.4, -0.2) is 49.1 Å². The van der Waals surface area contributed by atoms with Crippen molar-refractivity contribution < 1.29 is 19.1 Å². The van der Waals surface area contributed by atoms with Gasteiger partial charge in [0.15, 0.2) is 11.5 Å². The summed E-state index contributed by atoms with van der Waals surface area (Å²) in [4.78, 5) is 28.4. The smallest absolute Gasteiger partial charge is 0.254 e. The van der Waals surface area contributed by atoms with Gasteiger partial charge in [0.1, 0.15) is 0 Å². The van der Waals surface area contributed by atoms with Gasteiger partial charge in [-0.05, 0) is 54.3 Å². The fraction of sp³-hybridized carbons (Fsp3) is 0.333. The van der Waals surface area contributed by atoms with Crippen LogP contribution >= 0.6 is 0 Å². The van der Waals surface area contributed by atoms with E-state index in [1.165, 1.54) is 0 Å². The van der Waals surface area contributed by atoms with E-state index < -0.39 is 5.92 Å². The second-order valence-corrected chi connectivity index (χ2v) is 8.68. The number of carbonyl (C=O) groups excluding carboxylic acids is 2. The highest BCUT2D eigenvalue weighted by Gasteiger charge is 2.42. The summed E-state index contributed by atoms with van der Waals surface area (Å²) in [5.41, 5.74) is 4.40. The molecule has 1 N–H and O–H groups in total. The summed E-state index contributed by atoms with van der Waals surface area (Å²) in [5.74, 6) is 0.649. The second-order valence-electron chi connectivity index (χ2n) is 8.68. The average Bonchev–Trinajstić information content (AvgIpc) is 3.18. The van der Waals surface area contributed by atoms with Gasteiger partial charge in [0.05, 0.1) is 26.2 Å². The molecule has 1 aliphatic rings. The van der Waals surface area contributed by atoms with Crippen LogP contribution in [0.15, 0.2) is 54.7 Å². The Morgan fingerprint density at radius 2 is 1.76 bits per heavy atom. The van der Waals surface area contributed by atoms with Crippen LogP contribution in [-0.2, 0) is 18.3 Å². The summed E-state index contributed by atoms with van der Waals surface area (Å²) >= 11 is 0. The predicted molar refractivity (Wildman–Crippen MR) is 130 cm³/mol. The van der Waals surface area contributed by atoms with E-state index in [1.807, 2.05) is 67.2 Å². The number of ether oxygens (including phenoxy) is 2. The number of rotatable bonds is 7. The van der Waals surface area contributed by atoms with Crippen molar-refractivity contribution in [2.75, 3.05) is 27.8 Å². The molecule has 2 unspecified atom stereocenters. The van der Waals surface area contributed by atoms with Crippen LogP contribution in [0.1, 0.15) is 44.7 Å². The van der Waals surface area contributed by atoms with E-state index in [2.05, 4.69) is 5.32 Å². The highest BCUT2D eigenvalue weighted by molar-refractivity contribution is 6.01. The van der Waals surface area contributed by atoms with Crippen molar-refractivity contribution in [3.8, 4) is 11.5 Å². The van der Waals surface area contributed by atoms with Crippen LogP contribution in [0.25, 0.3) is 0 Å². The Kier molecular flexibility index (Phi) is 6.63. The van der Waals surface area contributed by atoms with Crippen LogP contribution in [0.3, 0.4) is 0 Å². The third kappa shape index (κ3) is 4.25. The normalized spacial score (nSPS) is 17.3. The van der Waals surface area contributed by atoms with Crippen molar-refractivity contribution in [3.05, 3.63) is 82.7 Å². The molecule has 2 amide bonds. The van der Waals surface area contributed by atoms with Gasteiger partial charge < -0.3 is 24.3 Å². The van der Waals surface area contributed by atoms with Crippen molar-refractivity contribution in [1.82, 2.24) is 14.8 Å². The summed E-state index contributed by atoms with van der Waals surface area (Å²) in [6, 6.07) is 14.8. The standard InChI is InChI=1S/C27H31N3O4/c1-17-14-19(16-29(17)2)25-24(20-8-6-7-9-21(20)27(32)30(25)3)26(31)28-13-12-18-10-11-22(33-4)23(15-18)34-5/h6-11,14-16,24-25H,12-13H2,1-5H3,(H,28,31). The number of methoxy groups -OCH3 is 2. The molecule has 4 rings (SSSR count). The Morgan fingerprint density at radius 3 is 2.44 bits per heavy atom. The van der Waals surface area contributed by atoms with Gasteiger partial charge in [-0.3, -0.25) is 9.59 Å². The van der Waals surface area contributed by atoms with Crippen LogP contribution in [0.4, 0.5) is 0 Å². The number of hydrogen-bond donors (Lipinski definition) is 1. The van der Waals surface area contributed by atoms with Crippen LogP contribution < -0.4 is 14.8 Å². The molecule has 0 aliphatic carbocycles. The Bertz CT molecular complexity index is 1200. The Labute approximate surface area is 200 Å². The summed E-state index contributed by atoms with van der Waals surface area (Å²) in [6.45, 7) is 2.48. The zero-order valence-electron chi connectivity index (χ0n) is 20.3. The number of nitrogens with one attached hydrogen (secondary N) is 1. The summed E-state index contributed by atoms with van der Waals surface area (Å²) in [7, 11) is 6.95. The molecule has 34 heavy (non-hydrogen) atoms. The summed E-state index contributed by atoms with van der Waals surface area (Å²) in [6.07, 6.45) is 2.64. The highest BCUT2D eigenvalue weighted by atomic mass is 16.5. The molecule has 0 saturated carbocycles. The molecule has 178 valence electrons. The minimum atomic E-state index is -0.508. The zero-order valence-corrected chi connectivity index (χ0v) is 20.3. The molecule has 0 fully saturated rings. The lowest BCUT2D eigenvalue weighted by atomic mass is 9.80. The fourth-order valence-corrected chi connectivity index (χ4v) is 4.72. The number of benzene rings is 2. The molecule has 0 saturated heterocycles. The molecule has 2 aromatic carbocycles. The van der Waals surface area contributed by atoms with Gasteiger partial charge in [-0.15, -0.1) is 0 Å². The third-order valence-electron chi connectivity index (χ3n) is 6.64. The topological polar surface area (TPSA) is 72.8 Å². The fourth-order valence-electron chi connectivity index (χ4n) is 4.72. The molecular weight excluding hydrogens is 430 g/mol. The minimum Gasteiger partial charge on any atom is -0.493 e. The van der Waals surface area contributed by atoms with Crippen molar-refractivity contribution in [1.29, 1.82) is 0 Å². The minimum absolute atomic E-state index is 0.0727. The van der Waals surface area contributed by atoms with Gasteiger partial charge in [0.25, 0.3) is 5.91 Å². The number of aromatic nitrogens is 1. The second kappa shape index (κ2) is 9.63. The number of nitrogens with zero attached hydrogens (tertiary/aromatic N) is 2. The van der Waals surface area contributed by atoms with Crippen molar-refractivity contribution in [3.63, 3.8) is 0 Å². The van der Waals surface area contributed by atoms with Crippen LogP contribution in [0, 0.1) is 6.92 Å². The van der Waals surface area contributed by atoms with Crippen LogP contribution in [0.2, 0.25) is 0 Å². The first-order valence-electron chi connectivity index (χ1n) is 11.3. The first-order chi connectivity index (χ1) is 16.3. The number of hydrogen-bond acceptors (Lipinski definition) is 4. The van der Waals surface area contributed by atoms with E-state index >= 15 is 0 Å². The lowest BCUT2D eigenvalue weighted by Crippen LogP contribution is -2.45. The van der Waals surface area contributed by atoms with Gasteiger partial charge in [-0.1, -0.05) is 24.3 Å². The van der Waals surface area contributed by atoms with Gasteiger partial charge >= 0.3 is 0 Å².